The Bertz CT molecular complexity index is 333. The van der Waals surface area contributed by atoms with Crippen LogP contribution in [-0.4, -0.2) is 34.8 Å². The number of hydrogen-bond donors (Lipinski definition) is 1. The molecule has 0 aliphatic rings. The first-order valence-electron chi connectivity index (χ1n) is 5.60. The maximum Gasteiger partial charge on any atom is 0.133 e. The van der Waals surface area contributed by atoms with Crippen molar-refractivity contribution in [2.24, 2.45) is 0 Å². The summed E-state index contributed by atoms with van der Waals surface area (Å²) in [4.78, 5) is 10.8. The SMILES string of the molecule is CCCc1nc(Br)cc(N(CC)CCO)n1. The molecule has 90 valence electrons. The van der Waals surface area contributed by atoms with Gasteiger partial charge >= 0.3 is 0 Å². The topological polar surface area (TPSA) is 49.2 Å². The number of likely N-dealkylation sites (N-methyl/N-ethyl adjacent to an activating group) is 1. The first kappa shape index (κ1) is 13.4. The second-order valence-electron chi connectivity index (χ2n) is 3.52. The lowest BCUT2D eigenvalue weighted by molar-refractivity contribution is 0.302. The summed E-state index contributed by atoms with van der Waals surface area (Å²) < 4.78 is 0.803. The smallest absolute Gasteiger partial charge is 0.133 e. The van der Waals surface area contributed by atoms with Crippen molar-refractivity contribution in [3.63, 3.8) is 0 Å². The second kappa shape index (κ2) is 6.81. The summed E-state index contributed by atoms with van der Waals surface area (Å²) in [5, 5.41) is 8.97. The maximum absolute atomic E-state index is 8.97. The number of halogens is 1. The van der Waals surface area contributed by atoms with Crippen molar-refractivity contribution in [3.8, 4) is 0 Å². The van der Waals surface area contributed by atoms with E-state index in [-0.39, 0.29) is 6.61 Å². The summed E-state index contributed by atoms with van der Waals surface area (Å²) in [6.45, 7) is 5.72. The van der Waals surface area contributed by atoms with Crippen LogP contribution < -0.4 is 4.90 Å². The molecule has 0 bridgehead atoms. The highest BCUT2D eigenvalue weighted by Gasteiger charge is 2.08. The standard InChI is InChI=1S/C11H18BrN3O/c1-3-5-10-13-9(12)8-11(14-10)15(4-2)6-7-16/h8,16H,3-7H2,1-2H3. The fourth-order valence-electron chi connectivity index (χ4n) is 1.50. The molecule has 1 heterocycles. The Morgan fingerprint density at radius 1 is 1.38 bits per heavy atom. The molecule has 1 rings (SSSR count). The quantitative estimate of drug-likeness (QED) is 0.814. The van der Waals surface area contributed by atoms with Gasteiger partial charge in [-0.2, -0.15) is 0 Å². The Morgan fingerprint density at radius 3 is 2.69 bits per heavy atom. The van der Waals surface area contributed by atoms with Crippen molar-refractivity contribution in [2.45, 2.75) is 26.7 Å². The van der Waals surface area contributed by atoms with Crippen LogP contribution in [0.5, 0.6) is 0 Å². The molecule has 0 fully saturated rings. The van der Waals surface area contributed by atoms with Gasteiger partial charge in [-0.1, -0.05) is 6.92 Å². The van der Waals surface area contributed by atoms with Gasteiger partial charge in [-0.25, -0.2) is 9.97 Å². The first-order valence-corrected chi connectivity index (χ1v) is 6.39. The highest BCUT2D eigenvalue weighted by atomic mass is 79.9. The van der Waals surface area contributed by atoms with Crippen molar-refractivity contribution >= 4 is 21.7 Å². The van der Waals surface area contributed by atoms with Gasteiger partial charge < -0.3 is 10.0 Å². The van der Waals surface area contributed by atoms with E-state index in [1.165, 1.54) is 0 Å². The molecule has 0 saturated carbocycles. The summed E-state index contributed by atoms with van der Waals surface area (Å²) in [7, 11) is 0. The predicted octanol–water partition coefficient (Wildman–Crippen LogP) is 2.01. The third-order valence-corrected chi connectivity index (χ3v) is 2.68. The number of anilines is 1. The van der Waals surface area contributed by atoms with E-state index in [1.54, 1.807) is 0 Å². The van der Waals surface area contributed by atoms with E-state index in [4.69, 9.17) is 5.11 Å². The van der Waals surface area contributed by atoms with Crippen molar-refractivity contribution in [1.29, 1.82) is 0 Å². The van der Waals surface area contributed by atoms with Gasteiger partial charge in [0.1, 0.15) is 16.2 Å². The van der Waals surface area contributed by atoms with Crippen LogP contribution >= 0.6 is 15.9 Å². The van der Waals surface area contributed by atoms with E-state index in [0.29, 0.717) is 6.54 Å². The van der Waals surface area contributed by atoms with Crippen molar-refractivity contribution < 1.29 is 5.11 Å². The van der Waals surface area contributed by atoms with Crippen molar-refractivity contribution in [1.82, 2.24) is 9.97 Å². The number of rotatable bonds is 6. The molecule has 0 amide bonds. The monoisotopic (exact) mass is 287 g/mol. The molecule has 5 heteroatoms. The molecule has 16 heavy (non-hydrogen) atoms. The van der Waals surface area contributed by atoms with Crippen LogP contribution in [0.3, 0.4) is 0 Å². The zero-order valence-electron chi connectivity index (χ0n) is 9.78. The third-order valence-electron chi connectivity index (χ3n) is 2.28. The summed E-state index contributed by atoms with van der Waals surface area (Å²) in [5.41, 5.74) is 0. The van der Waals surface area contributed by atoms with Gasteiger partial charge in [-0.15, -0.1) is 0 Å². The molecular weight excluding hydrogens is 270 g/mol. The van der Waals surface area contributed by atoms with Crippen LogP contribution in [0, 0.1) is 0 Å². The van der Waals surface area contributed by atoms with E-state index < -0.39 is 0 Å². The van der Waals surface area contributed by atoms with Crippen molar-refractivity contribution in [2.75, 3.05) is 24.6 Å². The maximum atomic E-state index is 8.97. The number of aromatic nitrogens is 2. The Labute approximate surface area is 105 Å². The zero-order valence-corrected chi connectivity index (χ0v) is 11.4. The lowest BCUT2D eigenvalue weighted by Gasteiger charge is -2.21. The number of nitrogens with zero attached hydrogens (tertiary/aromatic N) is 3. The van der Waals surface area contributed by atoms with Gasteiger partial charge in [-0.3, -0.25) is 0 Å². The third kappa shape index (κ3) is 3.72. The van der Waals surface area contributed by atoms with Crippen LogP contribution in [-0.2, 0) is 6.42 Å². The zero-order chi connectivity index (χ0) is 12.0. The average molecular weight is 288 g/mol. The second-order valence-corrected chi connectivity index (χ2v) is 4.33. The van der Waals surface area contributed by atoms with Crippen LogP contribution in [0.15, 0.2) is 10.7 Å². The molecule has 0 aliphatic carbocycles. The molecule has 0 saturated heterocycles. The average Bonchev–Trinajstić information content (AvgIpc) is 2.25. The largest absolute Gasteiger partial charge is 0.395 e. The fourth-order valence-corrected chi connectivity index (χ4v) is 1.91. The van der Waals surface area contributed by atoms with E-state index >= 15 is 0 Å². The number of aliphatic hydroxyl groups is 1. The minimum Gasteiger partial charge on any atom is -0.395 e. The fraction of sp³-hybridized carbons (Fsp3) is 0.636. The molecule has 1 N–H and O–H groups in total. The van der Waals surface area contributed by atoms with E-state index in [0.717, 1.165) is 35.6 Å². The van der Waals surface area contributed by atoms with Crippen LogP contribution in [0.25, 0.3) is 0 Å². The predicted molar refractivity (Wildman–Crippen MR) is 68.7 cm³/mol. The Morgan fingerprint density at radius 2 is 2.12 bits per heavy atom. The lowest BCUT2D eigenvalue weighted by Crippen LogP contribution is -2.27. The summed E-state index contributed by atoms with van der Waals surface area (Å²) in [6.07, 6.45) is 1.91. The van der Waals surface area contributed by atoms with Gasteiger partial charge in [0.05, 0.1) is 6.61 Å². The highest BCUT2D eigenvalue weighted by molar-refractivity contribution is 9.10. The minimum atomic E-state index is 0.137. The molecule has 4 nitrogen and oxygen atoms in total. The van der Waals surface area contributed by atoms with Crippen molar-refractivity contribution in [3.05, 3.63) is 16.5 Å². The van der Waals surface area contributed by atoms with E-state index in [9.17, 15) is 0 Å². The molecule has 0 aliphatic heterocycles. The van der Waals surface area contributed by atoms with Crippen LogP contribution in [0.1, 0.15) is 26.1 Å². The van der Waals surface area contributed by atoms with Crippen LogP contribution in [0.4, 0.5) is 5.82 Å². The molecule has 1 aromatic heterocycles. The Hall–Kier alpha value is -0.680. The normalized spacial score (nSPS) is 10.5. The lowest BCUT2D eigenvalue weighted by atomic mass is 10.3. The molecular formula is C11H18BrN3O. The summed E-state index contributed by atoms with van der Waals surface area (Å²) in [6, 6.07) is 1.89. The first-order chi connectivity index (χ1) is 7.71. The molecule has 0 atom stereocenters. The summed E-state index contributed by atoms with van der Waals surface area (Å²) in [5.74, 6) is 1.73. The summed E-state index contributed by atoms with van der Waals surface area (Å²) >= 11 is 3.39. The number of hydrogen-bond acceptors (Lipinski definition) is 4. The van der Waals surface area contributed by atoms with Gasteiger partial charge in [0, 0.05) is 25.6 Å². The molecule has 0 spiro atoms. The number of aliphatic hydroxyl groups excluding tert-OH is 1. The van der Waals surface area contributed by atoms with Gasteiger partial charge in [-0.05, 0) is 29.3 Å². The molecule has 0 unspecified atom stereocenters. The van der Waals surface area contributed by atoms with Gasteiger partial charge in [0.2, 0.25) is 0 Å². The Kier molecular flexibility index (Phi) is 5.69. The molecule has 1 aromatic rings. The van der Waals surface area contributed by atoms with Gasteiger partial charge in [0.15, 0.2) is 0 Å². The minimum absolute atomic E-state index is 0.137. The molecule has 0 aromatic carbocycles. The van der Waals surface area contributed by atoms with E-state index in [2.05, 4.69) is 32.8 Å². The van der Waals surface area contributed by atoms with Crippen LogP contribution in [0.2, 0.25) is 0 Å². The molecule has 0 radical (unpaired) electrons. The Balaban J connectivity index is 2.92. The van der Waals surface area contributed by atoms with E-state index in [1.807, 2.05) is 17.9 Å². The highest BCUT2D eigenvalue weighted by Crippen LogP contribution is 2.16. The number of aryl methyl sites for hydroxylation is 1. The van der Waals surface area contributed by atoms with Gasteiger partial charge in [0.25, 0.3) is 0 Å².